The molecule has 2 N–H and O–H groups in total. The van der Waals surface area contributed by atoms with Crippen LogP contribution in [0.5, 0.6) is 0 Å². The fourth-order valence-corrected chi connectivity index (χ4v) is 2.35. The van der Waals surface area contributed by atoms with Crippen LogP contribution in [0.4, 0.5) is 0 Å². The Bertz CT molecular complexity index is 217. The molecule has 1 rings (SSSR count). The van der Waals surface area contributed by atoms with Crippen molar-refractivity contribution >= 4 is 9.84 Å². The number of rotatable bonds is 0. The number of sulfone groups is 1. The van der Waals surface area contributed by atoms with Gasteiger partial charge in [0.1, 0.15) is 0 Å². The summed E-state index contributed by atoms with van der Waals surface area (Å²) in [6.45, 7) is 3.33. The van der Waals surface area contributed by atoms with Crippen molar-refractivity contribution in [2.24, 2.45) is 5.73 Å². The van der Waals surface area contributed by atoms with Gasteiger partial charge in [-0.3, -0.25) is 0 Å². The van der Waals surface area contributed by atoms with E-state index < -0.39 is 14.6 Å². The maximum Gasteiger partial charge on any atom is 0.158 e. The lowest BCUT2D eigenvalue weighted by atomic mass is 10.1. The predicted octanol–water partition coefficient (Wildman–Crippen LogP) is -0.479. The van der Waals surface area contributed by atoms with Crippen molar-refractivity contribution in [2.75, 3.05) is 5.75 Å². The van der Waals surface area contributed by atoms with Gasteiger partial charge >= 0.3 is 0 Å². The summed E-state index contributed by atoms with van der Waals surface area (Å²) in [7, 11) is -2.83. The Morgan fingerprint density at radius 2 is 2.00 bits per heavy atom. The average Bonchev–Trinajstić information content (AvgIpc) is 1.65. The fraction of sp³-hybridized carbons (Fsp3) is 1.00. The SMILES string of the molecule is CC1(C)C(N)CS1(=O)=O. The van der Waals surface area contributed by atoms with Gasteiger partial charge in [-0.15, -0.1) is 0 Å². The van der Waals surface area contributed by atoms with Gasteiger partial charge in [0.15, 0.2) is 9.84 Å². The third-order valence-electron chi connectivity index (χ3n) is 2.09. The van der Waals surface area contributed by atoms with Crippen molar-refractivity contribution in [3.05, 3.63) is 0 Å². The van der Waals surface area contributed by atoms with E-state index in [0.29, 0.717) is 0 Å². The quantitative estimate of drug-likeness (QED) is 0.506. The van der Waals surface area contributed by atoms with Crippen LogP contribution in [-0.2, 0) is 9.84 Å². The summed E-state index contributed by atoms with van der Waals surface area (Å²) < 4.78 is 21.1. The second-order valence-corrected chi connectivity index (χ2v) is 5.61. The van der Waals surface area contributed by atoms with E-state index in [4.69, 9.17) is 5.73 Å². The summed E-state index contributed by atoms with van der Waals surface area (Å²) in [6.07, 6.45) is 0. The Hall–Kier alpha value is -0.0900. The zero-order valence-corrected chi connectivity index (χ0v) is 6.40. The fourth-order valence-electron chi connectivity index (χ4n) is 0.783. The average molecular weight is 149 g/mol. The summed E-state index contributed by atoms with van der Waals surface area (Å²) >= 11 is 0. The highest BCUT2D eigenvalue weighted by molar-refractivity contribution is 7.94. The highest BCUT2D eigenvalue weighted by Gasteiger charge is 2.51. The van der Waals surface area contributed by atoms with E-state index in [-0.39, 0.29) is 11.8 Å². The Balaban J connectivity index is 2.96. The van der Waals surface area contributed by atoms with E-state index in [0.717, 1.165) is 0 Å². The lowest BCUT2D eigenvalue weighted by molar-refractivity contribution is 0.449. The van der Waals surface area contributed by atoms with Crippen molar-refractivity contribution in [1.82, 2.24) is 0 Å². The number of hydrogen-bond acceptors (Lipinski definition) is 3. The highest BCUT2D eigenvalue weighted by Crippen LogP contribution is 2.31. The van der Waals surface area contributed by atoms with E-state index in [9.17, 15) is 8.42 Å². The monoisotopic (exact) mass is 149 g/mol. The molecule has 0 bridgehead atoms. The molecule has 1 unspecified atom stereocenters. The summed E-state index contributed by atoms with van der Waals surface area (Å²) in [5.74, 6) is 0.153. The lowest BCUT2D eigenvalue weighted by Gasteiger charge is -2.40. The van der Waals surface area contributed by atoms with Gasteiger partial charge in [-0.1, -0.05) is 0 Å². The minimum absolute atomic E-state index is 0.153. The third kappa shape index (κ3) is 0.697. The second-order valence-electron chi connectivity index (χ2n) is 2.99. The van der Waals surface area contributed by atoms with Crippen molar-refractivity contribution in [3.8, 4) is 0 Å². The molecule has 0 aromatic carbocycles. The molecule has 0 aromatic heterocycles. The van der Waals surface area contributed by atoms with E-state index in [1.165, 1.54) is 0 Å². The van der Waals surface area contributed by atoms with Crippen LogP contribution in [0.1, 0.15) is 13.8 Å². The Morgan fingerprint density at radius 1 is 1.56 bits per heavy atom. The van der Waals surface area contributed by atoms with Crippen molar-refractivity contribution in [1.29, 1.82) is 0 Å². The van der Waals surface area contributed by atoms with Gasteiger partial charge in [0.25, 0.3) is 0 Å². The van der Waals surface area contributed by atoms with Gasteiger partial charge < -0.3 is 5.73 Å². The first-order valence-electron chi connectivity index (χ1n) is 2.86. The number of hydrogen-bond donors (Lipinski definition) is 1. The second kappa shape index (κ2) is 1.49. The van der Waals surface area contributed by atoms with E-state index in [1.54, 1.807) is 13.8 Å². The molecular weight excluding hydrogens is 138 g/mol. The van der Waals surface area contributed by atoms with Gasteiger partial charge in [-0.2, -0.15) is 0 Å². The van der Waals surface area contributed by atoms with E-state index in [2.05, 4.69) is 0 Å². The zero-order valence-electron chi connectivity index (χ0n) is 5.59. The molecule has 9 heavy (non-hydrogen) atoms. The molecule has 0 amide bonds. The molecule has 1 heterocycles. The molecular formula is C5H11NO2S. The molecule has 0 aromatic rings. The Labute approximate surface area is 55.2 Å². The first kappa shape index (κ1) is 7.02. The first-order valence-corrected chi connectivity index (χ1v) is 4.51. The van der Waals surface area contributed by atoms with Crippen LogP contribution in [0.2, 0.25) is 0 Å². The molecule has 0 spiro atoms. The van der Waals surface area contributed by atoms with Crippen molar-refractivity contribution < 1.29 is 8.42 Å². The molecule has 0 saturated carbocycles. The topological polar surface area (TPSA) is 60.2 Å². The minimum atomic E-state index is -2.83. The standard InChI is InChI=1S/C5H11NO2S/c1-5(2)4(6)3-9(5,7)8/h4H,3,6H2,1-2H3. The summed E-state index contributed by atoms with van der Waals surface area (Å²) in [6, 6.07) is -0.164. The highest BCUT2D eigenvalue weighted by atomic mass is 32.2. The van der Waals surface area contributed by atoms with Gasteiger partial charge in [0.05, 0.1) is 10.5 Å². The van der Waals surface area contributed by atoms with Gasteiger partial charge in [-0.25, -0.2) is 8.42 Å². The van der Waals surface area contributed by atoms with Crippen LogP contribution in [0.25, 0.3) is 0 Å². The maximum atomic E-state index is 10.9. The summed E-state index contributed by atoms with van der Waals surface area (Å²) in [5, 5.41) is 0. The smallest absolute Gasteiger partial charge is 0.158 e. The maximum absolute atomic E-state index is 10.9. The molecule has 54 valence electrons. The van der Waals surface area contributed by atoms with Crippen LogP contribution in [0.3, 0.4) is 0 Å². The van der Waals surface area contributed by atoms with Gasteiger partial charge in [0.2, 0.25) is 0 Å². The number of nitrogens with two attached hydrogens (primary N) is 1. The molecule has 1 aliphatic rings. The molecule has 1 fully saturated rings. The summed E-state index contributed by atoms with van der Waals surface area (Å²) in [4.78, 5) is 0. The van der Waals surface area contributed by atoms with Gasteiger partial charge in [-0.05, 0) is 13.8 Å². The first-order chi connectivity index (χ1) is 3.88. The molecule has 1 saturated heterocycles. The molecule has 1 atom stereocenters. The minimum Gasteiger partial charge on any atom is -0.325 e. The zero-order chi connectivity index (χ0) is 7.28. The van der Waals surface area contributed by atoms with Crippen molar-refractivity contribution in [2.45, 2.75) is 24.6 Å². The Kier molecular flexibility index (Phi) is 1.16. The Morgan fingerprint density at radius 3 is 2.00 bits per heavy atom. The lowest BCUT2D eigenvalue weighted by Crippen LogP contribution is -2.64. The van der Waals surface area contributed by atoms with Crippen LogP contribution in [0, 0.1) is 0 Å². The molecule has 0 radical (unpaired) electrons. The normalized spacial score (nSPS) is 37.4. The van der Waals surface area contributed by atoms with E-state index in [1.807, 2.05) is 0 Å². The van der Waals surface area contributed by atoms with Crippen LogP contribution < -0.4 is 5.73 Å². The van der Waals surface area contributed by atoms with E-state index >= 15 is 0 Å². The molecule has 4 heteroatoms. The van der Waals surface area contributed by atoms with Crippen LogP contribution in [-0.4, -0.2) is 25.0 Å². The molecule has 0 aliphatic carbocycles. The van der Waals surface area contributed by atoms with Crippen molar-refractivity contribution in [3.63, 3.8) is 0 Å². The predicted molar refractivity (Wildman–Crippen MR) is 35.8 cm³/mol. The summed E-state index contributed by atoms with van der Waals surface area (Å²) in [5.41, 5.74) is 5.45. The van der Waals surface area contributed by atoms with Crippen LogP contribution >= 0.6 is 0 Å². The van der Waals surface area contributed by atoms with Crippen LogP contribution in [0.15, 0.2) is 0 Å². The third-order valence-corrected chi connectivity index (χ3v) is 4.80. The molecule has 1 aliphatic heterocycles. The molecule has 3 nitrogen and oxygen atoms in total. The largest absolute Gasteiger partial charge is 0.325 e. The van der Waals surface area contributed by atoms with Gasteiger partial charge in [0, 0.05) is 6.04 Å².